The second kappa shape index (κ2) is 12.4. The number of alkyl halides is 2. The molecule has 1 fully saturated rings. The molecule has 0 saturated carbocycles. The van der Waals surface area contributed by atoms with E-state index in [1.54, 1.807) is 4.21 Å². The topological polar surface area (TPSA) is 0 Å². The van der Waals surface area contributed by atoms with Crippen molar-refractivity contribution < 1.29 is 18.9 Å². The van der Waals surface area contributed by atoms with Gasteiger partial charge >= 0.3 is 18.9 Å². The molecule has 1 heterocycles. The molecule has 1 saturated heterocycles. The molecule has 6 heteroatoms. The summed E-state index contributed by atoms with van der Waals surface area (Å²) in [5, 5.41) is 0.514. The van der Waals surface area contributed by atoms with Crippen molar-refractivity contribution in [3.63, 3.8) is 0 Å². The fourth-order valence-electron chi connectivity index (χ4n) is 1.15. The predicted octanol–water partition coefficient (Wildman–Crippen LogP) is 3.64. The van der Waals surface area contributed by atoms with Crippen molar-refractivity contribution in [1.29, 1.82) is 0 Å². The Balaban J connectivity index is 0. The Morgan fingerprint density at radius 1 is 1.05 bits per heavy atom. The van der Waals surface area contributed by atoms with Gasteiger partial charge in [0.2, 0.25) is 0 Å². The average molecular weight is 536 g/mol. The van der Waals surface area contributed by atoms with Crippen LogP contribution in [0, 0.1) is 4.21 Å². The molecule has 0 spiro atoms. The minimum absolute atomic E-state index is 0. The Labute approximate surface area is 170 Å². The third-order valence-electron chi connectivity index (χ3n) is 3.41. The normalized spacial score (nSPS) is 17.2. The molecule has 0 atom stereocenters. The zero-order valence-corrected chi connectivity index (χ0v) is 20.3. The van der Waals surface area contributed by atoms with Gasteiger partial charge in [-0.25, -0.2) is 4.21 Å². The minimum atomic E-state index is -1.16. The van der Waals surface area contributed by atoms with E-state index < -0.39 is 8.07 Å². The zero-order chi connectivity index (χ0) is 14.2. The third kappa shape index (κ3) is 9.65. The van der Waals surface area contributed by atoms with Gasteiger partial charge in [-0.2, -0.15) is 0 Å². The second-order valence-corrected chi connectivity index (χ2v) is 16.5. The van der Waals surface area contributed by atoms with Crippen molar-refractivity contribution in [3.05, 3.63) is 4.21 Å². The number of rotatable bonds is 3. The van der Waals surface area contributed by atoms with Crippen molar-refractivity contribution in [2.75, 3.05) is 20.4 Å². The molecular weight excluding hydrogens is 509 g/mol. The summed E-state index contributed by atoms with van der Waals surface area (Å²) in [6, 6.07) is 0. The minimum Gasteiger partial charge on any atom is -0.339 e. The predicted molar refractivity (Wildman–Crippen MR) is 112 cm³/mol. The summed E-state index contributed by atoms with van der Waals surface area (Å²) >= 11 is 9.04. The van der Waals surface area contributed by atoms with Crippen LogP contribution >= 0.6 is 68.7 Å². The summed E-state index contributed by atoms with van der Waals surface area (Å²) in [5.74, 6) is 2.71. The fraction of sp³-hybridized carbons (Fsp3) is 0.923. The smallest absolute Gasteiger partial charge is 0.339 e. The van der Waals surface area contributed by atoms with Gasteiger partial charge in [0.1, 0.15) is 0 Å². The zero-order valence-electron chi connectivity index (χ0n) is 13.3. The molecule has 1 rings (SSSR count). The van der Waals surface area contributed by atoms with E-state index in [-0.39, 0.29) is 18.9 Å². The van der Waals surface area contributed by atoms with Gasteiger partial charge in [-0.3, -0.25) is 0 Å². The van der Waals surface area contributed by atoms with E-state index in [4.69, 9.17) is 0 Å². The summed E-state index contributed by atoms with van der Waals surface area (Å²) in [6.07, 6.45) is 2.76. The van der Waals surface area contributed by atoms with Crippen molar-refractivity contribution in [2.24, 2.45) is 0 Å². The third-order valence-corrected chi connectivity index (χ3v) is 15.8. The SMILES string of the molecule is CC(C)(C)[Si](C)(C)[C-]1SCCCS1.ICCCI.[Li+]. The summed E-state index contributed by atoms with van der Waals surface area (Å²) < 4.78 is 4.40. The second-order valence-electron chi connectivity index (χ2n) is 5.94. The first kappa shape index (κ1) is 24.2. The summed E-state index contributed by atoms with van der Waals surface area (Å²) in [6.45, 7) is 12.3. The van der Waals surface area contributed by atoms with Crippen molar-refractivity contribution >= 4 is 76.8 Å². The van der Waals surface area contributed by atoms with Gasteiger partial charge < -0.3 is 23.5 Å². The molecule has 0 radical (unpaired) electrons. The van der Waals surface area contributed by atoms with E-state index in [1.165, 1.54) is 33.2 Å². The molecule has 0 aromatic carbocycles. The van der Waals surface area contributed by atoms with E-state index in [9.17, 15) is 0 Å². The molecule has 0 aliphatic carbocycles. The molecule has 0 N–H and O–H groups in total. The molecule has 0 aromatic heterocycles. The van der Waals surface area contributed by atoms with Crippen LogP contribution in [0.25, 0.3) is 0 Å². The van der Waals surface area contributed by atoms with Crippen LogP contribution < -0.4 is 18.9 Å². The van der Waals surface area contributed by atoms with Crippen LogP contribution in [-0.4, -0.2) is 28.4 Å². The van der Waals surface area contributed by atoms with Gasteiger partial charge in [0, 0.05) is 8.86 Å². The summed E-state index contributed by atoms with van der Waals surface area (Å²) in [7, 11) is -1.16. The van der Waals surface area contributed by atoms with Gasteiger partial charge in [0.25, 0.3) is 0 Å². The van der Waals surface area contributed by atoms with Gasteiger partial charge in [0.15, 0.2) is 0 Å². The monoisotopic (exact) mass is 536 g/mol. The van der Waals surface area contributed by atoms with E-state index in [2.05, 4.69) is 103 Å². The fourth-order valence-corrected chi connectivity index (χ4v) is 11.3. The summed E-state index contributed by atoms with van der Waals surface area (Å²) in [5.41, 5.74) is 0. The van der Waals surface area contributed by atoms with Crippen LogP contribution in [0.2, 0.25) is 18.1 Å². The molecule has 0 aromatic rings. The standard InChI is InChI=1S/C10H21S2Si.C3H6I2.Li/c1-10(2,3)13(4,5)9-11-7-6-8-12-9;4-2-1-3-5;/h6-8H2,1-5H3;1-3H2;/q-1;;+1. The molecule has 110 valence electrons. The van der Waals surface area contributed by atoms with Crippen LogP contribution in [0.15, 0.2) is 0 Å². The van der Waals surface area contributed by atoms with Crippen molar-refractivity contribution in [2.45, 2.75) is 51.7 Å². The molecule has 19 heavy (non-hydrogen) atoms. The Morgan fingerprint density at radius 3 is 1.74 bits per heavy atom. The maximum absolute atomic E-state index is 2.52. The molecule has 0 nitrogen and oxygen atoms in total. The van der Waals surface area contributed by atoms with Gasteiger partial charge in [-0.15, -0.1) is 0 Å². The number of thioether (sulfide) groups is 2. The first-order valence-corrected chi connectivity index (χ1v) is 14.5. The van der Waals surface area contributed by atoms with Crippen molar-refractivity contribution in [3.8, 4) is 0 Å². The van der Waals surface area contributed by atoms with E-state index in [1.807, 2.05) is 0 Å². The molecule has 1 aliphatic heterocycles. The molecule has 1 aliphatic rings. The quantitative estimate of drug-likeness (QED) is 0.234. The van der Waals surface area contributed by atoms with Gasteiger partial charge in [0.05, 0.1) is 0 Å². The number of hydrogen-bond donors (Lipinski definition) is 0. The maximum atomic E-state index is 2.52. The molecule has 0 amide bonds. The van der Waals surface area contributed by atoms with Crippen LogP contribution in [-0.2, 0) is 0 Å². The molecule has 0 bridgehead atoms. The Bertz CT molecular complexity index is 215. The van der Waals surface area contributed by atoms with Gasteiger partial charge in [-0.05, 0) is 24.3 Å². The first-order chi connectivity index (χ1) is 8.27. The Hall–Kier alpha value is 2.97. The molecule has 0 unspecified atom stereocenters. The van der Waals surface area contributed by atoms with Crippen LogP contribution in [0.1, 0.15) is 33.6 Å². The van der Waals surface area contributed by atoms with Gasteiger partial charge in [-0.1, -0.05) is 92.2 Å². The molecular formula is C13H27I2LiS2Si. The van der Waals surface area contributed by atoms with E-state index >= 15 is 0 Å². The van der Waals surface area contributed by atoms with Crippen molar-refractivity contribution in [1.82, 2.24) is 0 Å². The number of halogens is 2. The number of hydrogen-bond acceptors (Lipinski definition) is 2. The van der Waals surface area contributed by atoms with E-state index in [0.717, 1.165) is 0 Å². The largest absolute Gasteiger partial charge is 1.00 e. The van der Waals surface area contributed by atoms with Crippen LogP contribution in [0.3, 0.4) is 0 Å². The Kier molecular flexibility index (Phi) is 15.8. The average Bonchev–Trinajstić information content (AvgIpc) is 2.30. The maximum Gasteiger partial charge on any atom is 1.00 e. The Morgan fingerprint density at radius 2 is 1.47 bits per heavy atom. The van der Waals surface area contributed by atoms with Crippen LogP contribution in [0.5, 0.6) is 0 Å². The summed E-state index contributed by atoms with van der Waals surface area (Å²) in [4.78, 5) is 0. The van der Waals surface area contributed by atoms with E-state index in [0.29, 0.717) is 5.04 Å². The first-order valence-electron chi connectivity index (χ1n) is 6.52. The van der Waals surface area contributed by atoms with Crippen LogP contribution in [0.4, 0.5) is 0 Å².